The van der Waals surface area contributed by atoms with Crippen molar-refractivity contribution in [1.82, 2.24) is 0 Å². The number of imide groups is 1. The van der Waals surface area contributed by atoms with Gasteiger partial charge in [0, 0.05) is 22.9 Å². The van der Waals surface area contributed by atoms with E-state index in [-0.39, 0.29) is 12.0 Å². The number of carboxylic acids is 1. The summed E-state index contributed by atoms with van der Waals surface area (Å²) in [6.07, 6.45) is -0.0504. The predicted octanol–water partition coefficient (Wildman–Crippen LogP) is 1.49. The van der Waals surface area contributed by atoms with Crippen LogP contribution < -0.4 is 19.5 Å². The number of anilines is 1. The van der Waals surface area contributed by atoms with Crippen molar-refractivity contribution in [1.29, 1.82) is 0 Å². The first kappa shape index (κ1) is 18.8. The second-order valence-electron chi connectivity index (χ2n) is 5.70. The fraction of sp³-hybridized carbons (Fsp3) is 0.211. The number of amides is 2. The number of carbonyl (C=O) groups excluding carboxylic acids is 3. The van der Waals surface area contributed by atoms with Gasteiger partial charge in [-0.2, -0.15) is 0 Å². The number of carbonyl (C=O) groups is 3. The summed E-state index contributed by atoms with van der Waals surface area (Å²) < 4.78 is 10.4. The van der Waals surface area contributed by atoms with E-state index in [9.17, 15) is 19.5 Å². The molecule has 1 atom stereocenters. The summed E-state index contributed by atoms with van der Waals surface area (Å²) in [5.41, 5.74) is 0.281. The maximum absolute atomic E-state index is 12.9. The van der Waals surface area contributed by atoms with Gasteiger partial charge in [0.25, 0.3) is 0 Å². The van der Waals surface area contributed by atoms with E-state index in [4.69, 9.17) is 9.47 Å². The minimum absolute atomic E-state index is 0.0137. The third-order valence-corrected chi connectivity index (χ3v) is 5.37. The van der Waals surface area contributed by atoms with Crippen molar-refractivity contribution in [3.8, 4) is 11.5 Å². The number of hydrogen-bond donors (Lipinski definition) is 0. The molecular formula is C19H16NO6S-. The standard InChI is InChI=1S/C19H17NO6S/c1-25-11-7-8-14(26-2)13(9-11)20-17(21)10-16(18(20)22)27-15-6-4-3-5-12(15)19(23)24/h3-9,16H,10H2,1-2H3,(H,23,24)/p-1/t16-/m1/s1. The quantitative estimate of drug-likeness (QED) is 0.694. The van der Waals surface area contributed by atoms with Crippen LogP contribution in [0.5, 0.6) is 11.5 Å². The van der Waals surface area contributed by atoms with Crippen molar-refractivity contribution < 1.29 is 29.0 Å². The summed E-state index contributed by atoms with van der Waals surface area (Å²) in [5, 5.41) is 10.5. The van der Waals surface area contributed by atoms with Crippen molar-refractivity contribution in [3.05, 3.63) is 48.0 Å². The van der Waals surface area contributed by atoms with E-state index < -0.39 is 23.0 Å². The molecule has 2 aromatic rings. The third-order valence-electron chi connectivity index (χ3n) is 4.11. The summed E-state index contributed by atoms with van der Waals surface area (Å²) >= 11 is 1.03. The maximum atomic E-state index is 12.9. The zero-order valence-corrected chi connectivity index (χ0v) is 15.4. The highest BCUT2D eigenvalue weighted by Crippen LogP contribution is 2.39. The van der Waals surface area contributed by atoms with Crippen LogP contribution in [0.25, 0.3) is 0 Å². The van der Waals surface area contributed by atoms with E-state index in [0.29, 0.717) is 22.1 Å². The smallest absolute Gasteiger partial charge is 0.247 e. The van der Waals surface area contributed by atoms with Gasteiger partial charge in [-0.15, -0.1) is 11.8 Å². The van der Waals surface area contributed by atoms with Crippen molar-refractivity contribution in [2.24, 2.45) is 0 Å². The molecule has 1 aliphatic rings. The Morgan fingerprint density at radius 3 is 2.56 bits per heavy atom. The molecule has 1 fully saturated rings. The molecule has 0 radical (unpaired) electrons. The average molecular weight is 386 g/mol. The Morgan fingerprint density at radius 1 is 1.15 bits per heavy atom. The molecule has 0 aromatic heterocycles. The van der Waals surface area contributed by atoms with Crippen LogP contribution in [-0.2, 0) is 9.59 Å². The van der Waals surface area contributed by atoms with E-state index >= 15 is 0 Å². The molecule has 0 spiro atoms. The lowest BCUT2D eigenvalue weighted by molar-refractivity contribution is -0.255. The minimum Gasteiger partial charge on any atom is -0.545 e. The Morgan fingerprint density at radius 2 is 1.89 bits per heavy atom. The Balaban J connectivity index is 1.92. The van der Waals surface area contributed by atoms with Gasteiger partial charge in [-0.1, -0.05) is 18.2 Å². The SMILES string of the molecule is COc1ccc(OC)c(N2C(=O)C[C@@H](Sc3ccccc3C(=O)[O-])C2=O)c1. The van der Waals surface area contributed by atoms with Gasteiger partial charge in [0.2, 0.25) is 11.8 Å². The summed E-state index contributed by atoms with van der Waals surface area (Å²) in [6.45, 7) is 0. The second kappa shape index (κ2) is 7.71. The van der Waals surface area contributed by atoms with Crippen molar-refractivity contribution in [2.45, 2.75) is 16.6 Å². The zero-order chi connectivity index (χ0) is 19.6. The van der Waals surface area contributed by atoms with E-state index in [1.54, 1.807) is 36.4 Å². The van der Waals surface area contributed by atoms with Gasteiger partial charge in [-0.3, -0.25) is 9.59 Å². The normalized spacial score (nSPS) is 16.5. The van der Waals surface area contributed by atoms with Crippen LogP contribution in [0.15, 0.2) is 47.4 Å². The van der Waals surface area contributed by atoms with Gasteiger partial charge in [0.05, 0.1) is 31.1 Å². The van der Waals surface area contributed by atoms with E-state index in [1.165, 1.54) is 20.3 Å². The monoisotopic (exact) mass is 386 g/mol. The Hall–Kier alpha value is -3.00. The number of ether oxygens (including phenoxy) is 2. The number of rotatable bonds is 6. The number of nitrogens with zero attached hydrogens (tertiary/aromatic N) is 1. The molecule has 140 valence electrons. The maximum Gasteiger partial charge on any atom is 0.247 e. The first-order valence-electron chi connectivity index (χ1n) is 8.02. The largest absolute Gasteiger partial charge is 0.545 e. The Labute approximate surface area is 159 Å². The van der Waals surface area contributed by atoms with E-state index in [2.05, 4.69) is 0 Å². The summed E-state index contributed by atoms with van der Waals surface area (Å²) in [6, 6.07) is 11.1. The first-order chi connectivity index (χ1) is 13.0. The van der Waals surface area contributed by atoms with Crippen LogP contribution >= 0.6 is 11.8 Å². The number of carboxylic acid groups (broad SMARTS) is 1. The van der Waals surface area contributed by atoms with Crippen LogP contribution in [0.1, 0.15) is 16.8 Å². The van der Waals surface area contributed by atoms with E-state index in [1.807, 2.05) is 0 Å². The molecule has 1 aliphatic heterocycles. The molecule has 0 unspecified atom stereocenters. The molecule has 2 amide bonds. The summed E-state index contributed by atoms with van der Waals surface area (Å²) in [4.78, 5) is 38.1. The molecule has 3 rings (SSSR count). The van der Waals surface area contributed by atoms with Gasteiger partial charge in [-0.05, 0) is 18.2 Å². The molecule has 27 heavy (non-hydrogen) atoms. The van der Waals surface area contributed by atoms with Crippen LogP contribution in [0.3, 0.4) is 0 Å². The lowest BCUT2D eigenvalue weighted by atomic mass is 10.2. The topological polar surface area (TPSA) is 96.0 Å². The summed E-state index contributed by atoms with van der Waals surface area (Å²) in [5.74, 6) is -1.33. The molecule has 0 aliphatic carbocycles. The second-order valence-corrected chi connectivity index (χ2v) is 6.94. The predicted molar refractivity (Wildman–Crippen MR) is 97.1 cm³/mol. The fourth-order valence-corrected chi connectivity index (χ4v) is 3.99. The first-order valence-corrected chi connectivity index (χ1v) is 8.90. The van der Waals surface area contributed by atoms with Crippen molar-refractivity contribution in [2.75, 3.05) is 19.1 Å². The molecule has 0 saturated carbocycles. The molecule has 7 nitrogen and oxygen atoms in total. The number of hydrogen-bond acceptors (Lipinski definition) is 7. The number of benzene rings is 2. The van der Waals surface area contributed by atoms with Crippen LogP contribution in [0, 0.1) is 0 Å². The van der Waals surface area contributed by atoms with Crippen molar-refractivity contribution >= 4 is 35.2 Å². The van der Waals surface area contributed by atoms with Crippen LogP contribution in [0.4, 0.5) is 5.69 Å². The molecule has 0 bridgehead atoms. The Kier molecular flexibility index (Phi) is 5.36. The molecule has 0 N–H and O–H groups in total. The molecular weight excluding hydrogens is 370 g/mol. The van der Waals surface area contributed by atoms with Gasteiger partial charge in [-0.25, -0.2) is 4.90 Å². The lowest BCUT2D eigenvalue weighted by Gasteiger charge is -2.19. The minimum atomic E-state index is -1.33. The molecule has 2 aromatic carbocycles. The van der Waals surface area contributed by atoms with Crippen molar-refractivity contribution in [3.63, 3.8) is 0 Å². The fourth-order valence-electron chi connectivity index (χ4n) is 2.81. The number of aromatic carboxylic acids is 1. The average Bonchev–Trinajstić information content (AvgIpc) is 2.94. The Bertz CT molecular complexity index is 913. The van der Waals surface area contributed by atoms with Gasteiger partial charge in [0.15, 0.2) is 0 Å². The number of thioether (sulfide) groups is 1. The van der Waals surface area contributed by atoms with Gasteiger partial charge in [0.1, 0.15) is 11.5 Å². The molecule has 1 heterocycles. The molecule has 1 saturated heterocycles. The number of methoxy groups -OCH3 is 2. The highest BCUT2D eigenvalue weighted by Gasteiger charge is 2.41. The zero-order valence-electron chi connectivity index (χ0n) is 14.6. The highest BCUT2D eigenvalue weighted by atomic mass is 32.2. The third kappa shape index (κ3) is 3.61. The van der Waals surface area contributed by atoms with Gasteiger partial charge < -0.3 is 19.4 Å². The van der Waals surface area contributed by atoms with Crippen LogP contribution in [0.2, 0.25) is 0 Å². The molecule has 8 heteroatoms. The summed E-state index contributed by atoms with van der Waals surface area (Å²) in [7, 11) is 2.92. The lowest BCUT2D eigenvalue weighted by Crippen LogP contribution is -2.31. The highest BCUT2D eigenvalue weighted by molar-refractivity contribution is 8.00. The van der Waals surface area contributed by atoms with E-state index in [0.717, 1.165) is 16.7 Å². The van der Waals surface area contributed by atoms with Crippen LogP contribution in [-0.4, -0.2) is 37.3 Å². The van der Waals surface area contributed by atoms with Gasteiger partial charge >= 0.3 is 0 Å².